The summed E-state index contributed by atoms with van der Waals surface area (Å²) in [4.78, 5) is 27.1. The predicted molar refractivity (Wildman–Crippen MR) is 72.4 cm³/mol. The molecule has 3 aliphatic rings. The molecule has 3 rings (SSSR count). The van der Waals surface area contributed by atoms with E-state index < -0.39 is 5.54 Å². The highest BCUT2D eigenvalue weighted by Gasteiger charge is 2.54. The van der Waals surface area contributed by atoms with Crippen molar-refractivity contribution in [2.75, 3.05) is 6.54 Å². The first-order chi connectivity index (χ1) is 9.18. The van der Waals surface area contributed by atoms with Crippen molar-refractivity contribution in [2.45, 2.75) is 56.5 Å². The minimum atomic E-state index is -0.607. The molecular weight excluding hydrogens is 240 g/mol. The molecule has 2 amide bonds. The van der Waals surface area contributed by atoms with Crippen molar-refractivity contribution in [3.8, 4) is 0 Å². The Bertz CT molecular complexity index is 408. The van der Waals surface area contributed by atoms with Gasteiger partial charge in [-0.05, 0) is 31.6 Å². The van der Waals surface area contributed by atoms with E-state index in [9.17, 15) is 9.59 Å². The standard InChI is InChI=1S/C15H22N2O2/c1-2-10-17-12(11-6-7-11)13(18)16-15(14(17)19)8-4-3-5-9-15/h2,11-12H,1,3-10H2,(H,16,18). The second kappa shape index (κ2) is 4.66. The van der Waals surface area contributed by atoms with Crippen LogP contribution < -0.4 is 5.32 Å². The van der Waals surface area contributed by atoms with Gasteiger partial charge in [0.05, 0.1) is 0 Å². The molecule has 4 heteroatoms. The molecule has 1 heterocycles. The van der Waals surface area contributed by atoms with Crippen molar-refractivity contribution in [1.29, 1.82) is 0 Å². The highest BCUT2D eigenvalue weighted by molar-refractivity contribution is 6.00. The van der Waals surface area contributed by atoms with Crippen molar-refractivity contribution in [3.63, 3.8) is 0 Å². The van der Waals surface area contributed by atoms with Crippen molar-refractivity contribution in [3.05, 3.63) is 12.7 Å². The van der Waals surface area contributed by atoms with Gasteiger partial charge in [0, 0.05) is 6.54 Å². The molecule has 104 valence electrons. The Morgan fingerprint density at radius 1 is 1.26 bits per heavy atom. The Morgan fingerprint density at radius 3 is 2.53 bits per heavy atom. The van der Waals surface area contributed by atoms with E-state index in [1.807, 2.05) is 0 Å². The average molecular weight is 262 g/mol. The molecular formula is C15H22N2O2. The number of carbonyl (C=O) groups is 2. The van der Waals surface area contributed by atoms with E-state index in [-0.39, 0.29) is 17.9 Å². The van der Waals surface area contributed by atoms with Gasteiger partial charge in [-0.15, -0.1) is 6.58 Å². The molecule has 4 nitrogen and oxygen atoms in total. The zero-order valence-corrected chi connectivity index (χ0v) is 11.4. The van der Waals surface area contributed by atoms with Gasteiger partial charge in [-0.2, -0.15) is 0 Å². The van der Waals surface area contributed by atoms with E-state index >= 15 is 0 Å². The van der Waals surface area contributed by atoms with Crippen LogP contribution in [0.2, 0.25) is 0 Å². The first-order valence-electron chi connectivity index (χ1n) is 7.42. The molecule has 0 aromatic carbocycles. The minimum Gasteiger partial charge on any atom is -0.340 e. The SMILES string of the molecule is C=CCN1C(=O)C2(CCCCC2)NC(=O)C1C1CC1. The molecule has 0 aromatic rings. The predicted octanol–water partition coefficient (Wildman–Crippen LogP) is 1.61. The van der Waals surface area contributed by atoms with Gasteiger partial charge in [-0.25, -0.2) is 0 Å². The van der Waals surface area contributed by atoms with Gasteiger partial charge in [0.1, 0.15) is 11.6 Å². The minimum absolute atomic E-state index is 0.0610. The van der Waals surface area contributed by atoms with Gasteiger partial charge in [-0.1, -0.05) is 25.3 Å². The zero-order valence-electron chi connectivity index (χ0n) is 11.4. The lowest BCUT2D eigenvalue weighted by molar-refractivity contribution is -0.156. The summed E-state index contributed by atoms with van der Waals surface area (Å²) in [5, 5.41) is 3.08. The fourth-order valence-corrected chi connectivity index (χ4v) is 3.62. The van der Waals surface area contributed by atoms with E-state index in [0.29, 0.717) is 12.5 Å². The third-order valence-corrected chi connectivity index (χ3v) is 4.74. The number of hydrogen-bond acceptors (Lipinski definition) is 2. The van der Waals surface area contributed by atoms with E-state index in [1.165, 1.54) is 6.42 Å². The molecule has 19 heavy (non-hydrogen) atoms. The maximum absolute atomic E-state index is 12.8. The third kappa shape index (κ3) is 2.07. The van der Waals surface area contributed by atoms with Crippen LogP contribution in [0.5, 0.6) is 0 Å². The van der Waals surface area contributed by atoms with Crippen LogP contribution in [0.25, 0.3) is 0 Å². The fourth-order valence-electron chi connectivity index (χ4n) is 3.62. The highest BCUT2D eigenvalue weighted by Crippen LogP contribution is 2.40. The largest absolute Gasteiger partial charge is 0.340 e. The van der Waals surface area contributed by atoms with Gasteiger partial charge in [0.15, 0.2) is 0 Å². The summed E-state index contributed by atoms with van der Waals surface area (Å²) >= 11 is 0. The van der Waals surface area contributed by atoms with Crippen molar-refractivity contribution >= 4 is 11.8 Å². The van der Waals surface area contributed by atoms with Crippen LogP contribution in [0.3, 0.4) is 0 Å². The normalized spacial score (nSPS) is 30.3. The molecule has 3 fully saturated rings. The molecule has 1 atom stereocenters. The number of nitrogens with zero attached hydrogens (tertiary/aromatic N) is 1. The van der Waals surface area contributed by atoms with E-state index in [1.54, 1.807) is 11.0 Å². The molecule has 1 saturated heterocycles. The number of carbonyl (C=O) groups excluding carboxylic acids is 2. The van der Waals surface area contributed by atoms with Crippen LogP contribution in [0.1, 0.15) is 44.9 Å². The molecule has 1 aliphatic heterocycles. The van der Waals surface area contributed by atoms with Crippen LogP contribution in [-0.2, 0) is 9.59 Å². The Kier molecular flexibility index (Phi) is 3.11. The van der Waals surface area contributed by atoms with Crippen molar-refractivity contribution < 1.29 is 9.59 Å². The second-order valence-corrected chi connectivity index (χ2v) is 6.16. The van der Waals surface area contributed by atoms with E-state index in [4.69, 9.17) is 0 Å². The molecule has 2 aliphatic carbocycles. The lowest BCUT2D eigenvalue weighted by Gasteiger charge is -2.47. The summed E-state index contributed by atoms with van der Waals surface area (Å²) in [5.41, 5.74) is -0.607. The first kappa shape index (κ1) is 12.7. The number of piperazine rings is 1. The number of amides is 2. The number of hydrogen-bond donors (Lipinski definition) is 1. The lowest BCUT2D eigenvalue weighted by Crippen LogP contribution is -2.71. The van der Waals surface area contributed by atoms with Crippen LogP contribution in [0.15, 0.2) is 12.7 Å². The van der Waals surface area contributed by atoms with E-state index in [2.05, 4.69) is 11.9 Å². The molecule has 0 aromatic heterocycles. The molecule has 2 saturated carbocycles. The monoisotopic (exact) mass is 262 g/mol. The first-order valence-corrected chi connectivity index (χ1v) is 7.42. The number of nitrogens with one attached hydrogen (secondary N) is 1. The van der Waals surface area contributed by atoms with Gasteiger partial charge in [-0.3, -0.25) is 9.59 Å². The maximum atomic E-state index is 12.8. The van der Waals surface area contributed by atoms with Gasteiger partial charge >= 0.3 is 0 Å². The van der Waals surface area contributed by atoms with Gasteiger partial charge in [0.2, 0.25) is 11.8 Å². The van der Waals surface area contributed by atoms with Gasteiger partial charge < -0.3 is 10.2 Å². The Balaban J connectivity index is 1.88. The summed E-state index contributed by atoms with van der Waals surface area (Å²) in [5.74, 6) is 0.555. The molecule has 1 spiro atoms. The van der Waals surface area contributed by atoms with Crippen LogP contribution in [0.4, 0.5) is 0 Å². The van der Waals surface area contributed by atoms with Crippen molar-refractivity contribution in [2.24, 2.45) is 5.92 Å². The summed E-state index contributed by atoms with van der Waals surface area (Å²) in [6, 6.07) is -0.252. The summed E-state index contributed by atoms with van der Waals surface area (Å²) < 4.78 is 0. The second-order valence-electron chi connectivity index (χ2n) is 6.16. The Morgan fingerprint density at radius 2 is 1.95 bits per heavy atom. The molecule has 1 unspecified atom stereocenters. The smallest absolute Gasteiger partial charge is 0.249 e. The highest BCUT2D eigenvalue weighted by atomic mass is 16.2. The lowest BCUT2D eigenvalue weighted by atomic mass is 9.78. The Hall–Kier alpha value is -1.32. The summed E-state index contributed by atoms with van der Waals surface area (Å²) in [7, 11) is 0. The van der Waals surface area contributed by atoms with Crippen molar-refractivity contribution in [1.82, 2.24) is 10.2 Å². The van der Waals surface area contributed by atoms with E-state index in [0.717, 1.165) is 38.5 Å². The Labute approximate surface area is 114 Å². The topological polar surface area (TPSA) is 49.4 Å². The van der Waals surface area contributed by atoms with Crippen LogP contribution in [0, 0.1) is 5.92 Å². The zero-order chi connectivity index (χ0) is 13.5. The van der Waals surface area contributed by atoms with Crippen LogP contribution in [-0.4, -0.2) is 34.8 Å². The summed E-state index contributed by atoms with van der Waals surface area (Å²) in [6.07, 6.45) is 8.67. The van der Waals surface area contributed by atoms with Crippen LogP contribution >= 0.6 is 0 Å². The maximum Gasteiger partial charge on any atom is 0.249 e. The molecule has 0 radical (unpaired) electrons. The average Bonchev–Trinajstić information content (AvgIpc) is 3.21. The fraction of sp³-hybridized carbons (Fsp3) is 0.733. The number of rotatable bonds is 3. The molecule has 1 N–H and O–H groups in total. The van der Waals surface area contributed by atoms with Gasteiger partial charge in [0.25, 0.3) is 0 Å². The summed E-state index contributed by atoms with van der Waals surface area (Å²) in [6.45, 7) is 4.23. The third-order valence-electron chi connectivity index (χ3n) is 4.74. The quantitative estimate of drug-likeness (QED) is 0.786. The molecule has 0 bridgehead atoms.